The van der Waals surface area contributed by atoms with Gasteiger partial charge in [-0.05, 0) is 6.92 Å². The Bertz CT molecular complexity index is 780. The zero-order valence-electron chi connectivity index (χ0n) is 12.8. The van der Waals surface area contributed by atoms with Crippen molar-refractivity contribution in [1.29, 1.82) is 0 Å². The molecule has 1 aromatic carbocycles. The topological polar surface area (TPSA) is 89.8 Å². The highest BCUT2D eigenvalue weighted by Gasteiger charge is 2.31. The third kappa shape index (κ3) is 1.95. The number of hydrogen-bond donors (Lipinski definition) is 2. The maximum absolute atomic E-state index is 12.3. The minimum absolute atomic E-state index is 0.229. The Morgan fingerprint density at radius 1 is 1.32 bits per heavy atom. The van der Waals surface area contributed by atoms with Crippen molar-refractivity contribution in [3.8, 4) is 11.5 Å². The van der Waals surface area contributed by atoms with Crippen molar-refractivity contribution in [2.24, 2.45) is 5.10 Å². The summed E-state index contributed by atoms with van der Waals surface area (Å²) in [5.74, 6) is 1.61. The van der Waals surface area contributed by atoms with E-state index in [0.717, 1.165) is 0 Å². The molecule has 1 aromatic heterocycles. The zero-order valence-corrected chi connectivity index (χ0v) is 12.8. The van der Waals surface area contributed by atoms with Crippen LogP contribution in [0.4, 0.5) is 4.79 Å². The van der Waals surface area contributed by atoms with Crippen LogP contribution in [0.15, 0.2) is 17.2 Å². The molecule has 0 saturated heterocycles. The first-order valence-electron chi connectivity index (χ1n) is 6.80. The lowest BCUT2D eigenvalue weighted by molar-refractivity contribution is 0.240. The largest absolute Gasteiger partial charge is 0.493 e. The number of nitrogens with one attached hydrogen (secondary N) is 2. The van der Waals surface area contributed by atoms with Gasteiger partial charge in [0.05, 0.1) is 31.3 Å². The molecule has 8 heteroatoms. The van der Waals surface area contributed by atoms with Crippen LogP contribution >= 0.6 is 0 Å². The standard InChI is InChI=1S/C14H17N5O3/c1-7-12(18-15-2)13-17-8-5-10(21-3)11(22-4)6-9(8)19(13)14(20)16-7/h5-7,15H,1-4H3,(H,16,20)/b18-12+. The van der Waals surface area contributed by atoms with Crippen molar-refractivity contribution in [3.63, 3.8) is 0 Å². The summed E-state index contributed by atoms with van der Waals surface area (Å²) < 4.78 is 12.1. The van der Waals surface area contributed by atoms with Crippen LogP contribution in [0.2, 0.25) is 0 Å². The maximum atomic E-state index is 12.3. The highest BCUT2D eigenvalue weighted by molar-refractivity contribution is 6.11. The number of carbonyl (C=O) groups excluding carboxylic acids is 1. The van der Waals surface area contributed by atoms with E-state index >= 15 is 0 Å². The van der Waals surface area contributed by atoms with Gasteiger partial charge < -0.3 is 20.2 Å². The van der Waals surface area contributed by atoms with E-state index in [2.05, 4.69) is 20.8 Å². The number of hydrogen-bond acceptors (Lipinski definition) is 6. The van der Waals surface area contributed by atoms with Crippen molar-refractivity contribution in [3.05, 3.63) is 18.0 Å². The molecule has 0 bridgehead atoms. The first kappa shape index (κ1) is 14.2. The molecule has 1 aliphatic rings. The highest BCUT2D eigenvalue weighted by atomic mass is 16.5. The molecule has 0 fully saturated rings. The average molecular weight is 303 g/mol. The second-order valence-electron chi connectivity index (χ2n) is 4.86. The van der Waals surface area contributed by atoms with Gasteiger partial charge in [-0.2, -0.15) is 5.10 Å². The minimum Gasteiger partial charge on any atom is -0.493 e. The Balaban J connectivity index is 2.31. The van der Waals surface area contributed by atoms with Crippen LogP contribution < -0.4 is 20.2 Å². The summed E-state index contributed by atoms with van der Waals surface area (Å²) in [6, 6.07) is 3.01. The monoisotopic (exact) mass is 303 g/mol. The Labute approximate surface area is 127 Å². The van der Waals surface area contributed by atoms with Gasteiger partial charge in [0.15, 0.2) is 17.3 Å². The van der Waals surface area contributed by atoms with Gasteiger partial charge >= 0.3 is 6.03 Å². The molecule has 22 heavy (non-hydrogen) atoms. The van der Waals surface area contributed by atoms with Gasteiger partial charge in [0.25, 0.3) is 0 Å². The molecule has 0 spiro atoms. The van der Waals surface area contributed by atoms with Crippen LogP contribution in [0.3, 0.4) is 0 Å². The Kier molecular flexibility index (Phi) is 3.36. The highest BCUT2D eigenvalue weighted by Crippen LogP contribution is 2.33. The molecular formula is C14H17N5O3. The smallest absolute Gasteiger partial charge is 0.328 e. The lowest BCUT2D eigenvalue weighted by atomic mass is 10.1. The predicted octanol–water partition coefficient (Wildman–Crippen LogP) is 0.937. The number of methoxy groups -OCH3 is 2. The minimum atomic E-state index is -0.243. The van der Waals surface area contributed by atoms with Gasteiger partial charge in [-0.3, -0.25) is 0 Å². The molecule has 3 rings (SSSR count). The van der Waals surface area contributed by atoms with E-state index in [-0.39, 0.29) is 12.1 Å². The number of rotatable bonds is 3. The number of aromatic nitrogens is 2. The van der Waals surface area contributed by atoms with Crippen molar-refractivity contribution in [1.82, 2.24) is 20.3 Å². The SMILES string of the molecule is CN/N=C1/c2nc3cc(OC)c(OC)cc3n2C(=O)NC1C. The summed E-state index contributed by atoms with van der Waals surface area (Å²) in [6.07, 6.45) is 0. The van der Waals surface area contributed by atoms with E-state index in [1.54, 1.807) is 33.4 Å². The fourth-order valence-electron chi connectivity index (χ4n) is 2.56. The number of nitrogens with zero attached hydrogens (tertiary/aromatic N) is 3. The lowest BCUT2D eigenvalue weighted by Crippen LogP contribution is -2.48. The summed E-state index contributed by atoms with van der Waals surface area (Å²) in [6.45, 7) is 1.86. The molecule has 2 N–H and O–H groups in total. The molecule has 2 heterocycles. The summed E-state index contributed by atoms with van der Waals surface area (Å²) in [5.41, 5.74) is 4.69. The Morgan fingerprint density at radius 3 is 2.64 bits per heavy atom. The normalized spacial score (nSPS) is 19.0. The third-order valence-corrected chi connectivity index (χ3v) is 3.57. The number of carbonyl (C=O) groups is 1. The number of imidazole rings is 1. The fourth-order valence-corrected chi connectivity index (χ4v) is 2.56. The molecule has 116 valence electrons. The molecule has 1 amide bonds. The summed E-state index contributed by atoms with van der Waals surface area (Å²) in [7, 11) is 4.81. The van der Waals surface area contributed by atoms with E-state index < -0.39 is 0 Å². The van der Waals surface area contributed by atoms with E-state index in [1.165, 1.54) is 4.57 Å². The molecule has 0 radical (unpaired) electrons. The maximum Gasteiger partial charge on any atom is 0.328 e. The molecule has 1 unspecified atom stereocenters. The number of amides is 1. The van der Waals surface area contributed by atoms with Gasteiger partial charge in [0.1, 0.15) is 5.71 Å². The molecule has 0 aliphatic carbocycles. The molecule has 0 saturated carbocycles. The van der Waals surface area contributed by atoms with E-state index in [0.29, 0.717) is 34.1 Å². The Morgan fingerprint density at radius 2 is 2.00 bits per heavy atom. The van der Waals surface area contributed by atoms with Crippen LogP contribution in [0.25, 0.3) is 11.0 Å². The quantitative estimate of drug-likeness (QED) is 0.824. The second kappa shape index (κ2) is 5.21. The number of hydrazone groups is 1. The van der Waals surface area contributed by atoms with Gasteiger partial charge in [-0.1, -0.05) is 0 Å². The predicted molar refractivity (Wildman–Crippen MR) is 81.8 cm³/mol. The molecular weight excluding hydrogens is 286 g/mol. The summed E-state index contributed by atoms with van der Waals surface area (Å²) in [5, 5.41) is 7.08. The van der Waals surface area contributed by atoms with E-state index in [1.807, 2.05) is 6.92 Å². The summed E-state index contributed by atoms with van der Waals surface area (Å²) >= 11 is 0. The van der Waals surface area contributed by atoms with Gasteiger partial charge in [0.2, 0.25) is 0 Å². The molecule has 1 atom stereocenters. The first-order valence-corrected chi connectivity index (χ1v) is 6.80. The molecule has 1 aliphatic heterocycles. The number of fused-ring (bicyclic) bond motifs is 3. The van der Waals surface area contributed by atoms with Gasteiger partial charge in [-0.15, -0.1) is 0 Å². The van der Waals surface area contributed by atoms with Gasteiger partial charge in [0, 0.05) is 19.2 Å². The second-order valence-corrected chi connectivity index (χ2v) is 4.86. The Hall–Kier alpha value is -2.77. The van der Waals surface area contributed by atoms with Crippen molar-refractivity contribution in [2.45, 2.75) is 13.0 Å². The summed E-state index contributed by atoms with van der Waals surface area (Å²) in [4.78, 5) is 16.9. The van der Waals surface area contributed by atoms with E-state index in [9.17, 15) is 4.79 Å². The third-order valence-electron chi connectivity index (χ3n) is 3.57. The lowest BCUT2D eigenvalue weighted by Gasteiger charge is -2.23. The number of benzene rings is 1. The van der Waals surface area contributed by atoms with Crippen LogP contribution in [0.5, 0.6) is 11.5 Å². The fraction of sp³-hybridized carbons (Fsp3) is 0.357. The van der Waals surface area contributed by atoms with Crippen molar-refractivity contribution >= 4 is 22.8 Å². The van der Waals surface area contributed by atoms with E-state index in [4.69, 9.17) is 9.47 Å². The van der Waals surface area contributed by atoms with Crippen LogP contribution in [0, 0.1) is 0 Å². The molecule has 2 aromatic rings. The van der Waals surface area contributed by atoms with Crippen molar-refractivity contribution in [2.75, 3.05) is 21.3 Å². The average Bonchev–Trinajstić information content (AvgIpc) is 2.88. The van der Waals surface area contributed by atoms with Gasteiger partial charge in [-0.25, -0.2) is 14.3 Å². The number of ether oxygens (including phenoxy) is 2. The van der Waals surface area contributed by atoms with Crippen LogP contribution in [-0.4, -0.2) is 48.6 Å². The first-order chi connectivity index (χ1) is 10.6. The zero-order chi connectivity index (χ0) is 15.9. The van der Waals surface area contributed by atoms with Crippen LogP contribution in [-0.2, 0) is 0 Å². The van der Waals surface area contributed by atoms with Crippen molar-refractivity contribution < 1.29 is 14.3 Å². The van der Waals surface area contributed by atoms with Crippen LogP contribution in [0.1, 0.15) is 12.7 Å². The molecule has 8 nitrogen and oxygen atoms in total.